The number of phenolic OH excluding ortho intramolecular Hbond substituents is 1. The first kappa shape index (κ1) is 18.9. The number of hydrogen-bond donors (Lipinski definition) is 2. The Kier molecular flexibility index (Phi) is 4.59. The monoisotopic (exact) mass is 404 g/mol. The van der Waals surface area contributed by atoms with Crippen LogP contribution in [0.2, 0.25) is 0 Å². The Labute approximate surface area is 174 Å². The Balaban J connectivity index is 1.61. The molecule has 1 fully saturated rings. The molecule has 1 aliphatic heterocycles. The van der Waals surface area contributed by atoms with Crippen LogP contribution in [0.3, 0.4) is 0 Å². The van der Waals surface area contributed by atoms with Gasteiger partial charge in [-0.15, -0.1) is 0 Å². The summed E-state index contributed by atoms with van der Waals surface area (Å²) in [6.45, 7) is 5.06. The Hall–Kier alpha value is -3.12. The van der Waals surface area contributed by atoms with Crippen molar-refractivity contribution in [3.8, 4) is 17.1 Å². The van der Waals surface area contributed by atoms with E-state index < -0.39 is 5.63 Å². The summed E-state index contributed by atoms with van der Waals surface area (Å²) in [4.78, 5) is 19.0. The summed E-state index contributed by atoms with van der Waals surface area (Å²) in [6, 6.07) is 13.1. The van der Waals surface area contributed by atoms with E-state index >= 15 is 0 Å². The zero-order valence-electron chi connectivity index (χ0n) is 17.3. The van der Waals surface area contributed by atoms with E-state index in [1.165, 1.54) is 17.7 Å². The van der Waals surface area contributed by atoms with Gasteiger partial charge in [0.25, 0.3) is 0 Å². The summed E-state index contributed by atoms with van der Waals surface area (Å²) < 4.78 is 7.71. The molecular weight excluding hydrogens is 378 g/mol. The van der Waals surface area contributed by atoms with Gasteiger partial charge in [-0.25, -0.2) is 9.78 Å². The molecule has 6 heteroatoms. The van der Waals surface area contributed by atoms with Crippen molar-refractivity contribution in [2.24, 2.45) is 13.0 Å². The maximum Gasteiger partial charge on any atom is 0.347 e. The third kappa shape index (κ3) is 3.17. The lowest BCUT2D eigenvalue weighted by molar-refractivity contribution is -0.922. The minimum Gasteiger partial charge on any atom is -0.507 e. The first-order valence-electron chi connectivity index (χ1n) is 10.6. The molecule has 2 atom stereocenters. The Morgan fingerprint density at radius 1 is 1.27 bits per heavy atom. The van der Waals surface area contributed by atoms with Crippen molar-refractivity contribution in [1.82, 2.24) is 9.55 Å². The minimum atomic E-state index is -0.435. The number of nitrogens with one attached hydrogen (secondary N) is 1. The summed E-state index contributed by atoms with van der Waals surface area (Å²) >= 11 is 0. The number of aromatic nitrogens is 2. The van der Waals surface area contributed by atoms with Gasteiger partial charge in [-0.1, -0.05) is 19.1 Å². The highest BCUT2D eigenvalue weighted by Crippen LogP contribution is 2.29. The molecule has 2 N–H and O–H groups in total. The van der Waals surface area contributed by atoms with E-state index in [1.54, 1.807) is 12.1 Å². The largest absolute Gasteiger partial charge is 0.507 e. The average Bonchev–Trinajstić information content (AvgIpc) is 3.07. The molecule has 1 unspecified atom stereocenters. The number of para-hydroxylation sites is 2. The van der Waals surface area contributed by atoms with Crippen LogP contribution in [-0.2, 0) is 13.6 Å². The number of aromatic hydroxyl groups is 1. The fourth-order valence-corrected chi connectivity index (χ4v) is 4.75. The molecule has 0 spiro atoms. The zero-order chi connectivity index (χ0) is 20.8. The lowest BCUT2D eigenvalue weighted by Gasteiger charge is -2.28. The number of likely N-dealkylation sites (tertiary alicyclic amines) is 1. The van der Waals surface area contributed by atoms with Crippen LogP contribution in [-0.4, -0.2) is 27.7 Å². The third-order valence-corrected chi connectivity index (χ3v) is 6.30. The van der Waals surface area contributed by atoms with Gasteiger partial charge in [0.15, 0.2) is 5.58 Å². The second-order valence-corrected chi connectivity index (χ2v) is 8.54. The smallest absolute Gasteiger partial charge is 0.347 e. The van der Waals surface area contributed by atoms with Crippen LogP contribution in [0.25, 0.3) is 33.4 Å². The average molecular weight is 404 g/mol. The van der Waals surface area contributed by atoms with E-state index in [-0.39, 0.29) is 5.75 Å². The van der Waals surface area contributed by atoms with E-state index in [2.05, 4.69) is 11.9 Å². The molecule has 0 saturated carbocycles. The normalized spacial score (nSPS) is 19.5. The number of nitrogens with zero attached hydrogens (tertiary/aromatic N) is 2. The Morgan fingerprint density at radius 3 is 2.90 bits per heavy atom. The number of hydrogen-bond acceptors (Lipinski definition) is 4. The molecule has 2 aromatic carbocycles. The van der Waals surface area contributed by atoms with Crippen molar-refractivity contribution in [2.45, 2.75) is 26.3 Å². The summed E-state index contributed by atoms with van der Waals surface area (Å²) in [5.74, 6) is 1.44. The van der Waals surface area contributed by atoms with Crippen molar-refractivity contribution in [3.05, 3.63) is 58.4 Å². The fraction of sp³-hybridized carbons (Fsp3) is 0.333. The molecular formula is C24H26N3O3+. The molecule has 0 radical (unpaired) electrons. The van der Waals surface area contributed by atoms with E-state index in [1.807, 2.05) is 41.9 Å². The van der Waals surface area contributed by atoms with Gasteiger partial charge < -0.3 is 19.0 Å². The lowest BCUT2D eigenvalue weighted by atomic mass is 9.99. The number of aryl methyl sites for hydroxylation is 1. The third-order valence-electron chi connectivity index (χ3n) is 6.30. The maximum absolute atomic E-state index is 13.0. The van der Waals surface area contributed by atoms with E-state index in [9.17, 15) is 9.90 Å². The second kappa shape index (κ2) is 7.29. The van der Waals surface area contributed by atoms with Gasteiger partial charge in [0, 0.05) is 18.4 Å². The van der Waals surface area contributed by atoms with E-state index in [0.717, 1.165) is 29.5 Å². The number of phenols is 1. The molecule has 1 aliphatic rings. The standard InChI is InChI=1S/C24H25N3O3/c1-15-6-5-11-27(13-15)14-18-21(28)10-9-16-12-17(24(29)30-22(16)18)23-25-19-7-3-4-8-20(19)26(23)2/h3-4,7-10,12,15,28H,5-6,11,13-14H2,1-2H3/p+1/t15-/m1/s1. The van der Waals surface area contributed by atoms with Gasteiger partial charge in [0.2, 0.25) is 0 Å². The summed E-state index contributed by atoms with van der Waals surface area (Å²) in [5.41, 5.74) is 2.98. The van der Waals surface area contributed by atoms with E-state index in [0.29, 0.717) is 35.0 Å². The van der Waals surface area contributed by atoms with E-state index in [4.69, 9.17) is 4.42 Å². The van der Waals surface area contributed by atoms with Crippen LogP contribution in [0, 0.1) is 5.92 Å². The fourth-order valence-electron chi connectivity index (χ4n) is 4.75. The van der Waals surface area contributed by atoms with Crippen molar-refractivity contribution in [1.29, 1.82) is 0 Å². The molecule has 0 aliphatic carbocycles. The summed E-state index contributed by atoms with van der Waals surface area (Å²) in [6.07, 6.45) is 2.43. The minimum absolute atomic E-state index is 0.187. The number of imidazole rings is 1. The van der Waals surface area contributed by atoms with Crippen LogP contribution in [0.5, 0.6) is 5.75 Å². The summed E-state index contributed by atoms with van der Waals surface area (Å²) in [7, 11) is 1.90. The van der Waals surface area contributed by atoms with Crippen molar-refractivity contribution < 1.29 is 14.4 Å². The van der Waals surface area contributed by atoms with Gasteiger partial charge in [-0.2, -0.15) is 0 Å². The second-order valence-electron chi connectivity index (χ2n) is 8.54. The topological polar surface area (TPSA) is 72.7 Å². The Morgan fingerprint density at radius 2 is 2.10 bits per heavy atom. The molecule has 0 bridgehead atoms. The maximum atomic E-state index is 13.0. The van der Waals surface area contributed by atoms with Crippen LogP contribution in [0.15, 0.2) is 51.7 Å². The van der Waals surface area contributed by atoms with Crippen molar-refractivity contribution >= 4 is 22.0 Å². The highest BCUT2D eigenvalue weighted by molar-refractivity contribution is 5.86. The molecule has 6 nitrogen and oxygen atoms in total. The number of quaternary nitrogens is 1. The highest BCUT2D eigenvalue weighted by Gasteiger charge is 2.24. The SMILES string of the molecule is C[C@@H]1CCC[NH+](Cc2c(O)ccc3cc(-c4nc5ccccc5n4C)c(=O)oc23)C1. The number of piperidine rings is 1. The number of benzene rings is 2. The Bertz CT molecular complexity index is 1300. The first-order chi connectivity index (χ1) is 14.5. The number of rotatable bonds is 3. The summed E-state index contributed by atoms with van der Waals surface area (Å²) in [5, 5.41) is 11.3. The van der Waals surface area contributed by atoms with Gasteiger partial charge in [0.1, 0.15) is 23.7 Å². The number of fused-ring (bicyclic) bond motifs is 2. The molecule has 1 saturated heterocycles. The van der Waals surface area contributed by atoms with Crippen LogP contribution in [0.1, 0.15) is 25.3 Å². The van der Waals surface area contributed by atoms with Gasteiger partial charge in [-0.3, -0.25) is 0 Å². The highest BCUT2D eigenvalue weighted by atomic mass is 16.4. The van der Waals surface area contributed by atoms with Crippen LogP contribution < -0.4 is 10.5 Å². The predicted octanol–water partition coefficient (Wildman–Crippen LogP) is 2.87. The first-order valence-corrected chi connectivity index (χ1v) is 10.6. The molecule has 2 aromatic heterocycles. The van der Waals surface area contributed by atoms with Gasteiger partial charge >= 0.3 is 5.63 Å². The quantitative estimate of drug-likeness (QED) is 0.515. The molecule has 0 amide bonds. The molecule has 4 aromatic rings. The molecule has 30 heavy (non-hydrogen) atoms. The van der Waals surface area contributed by atoms with Crippen molar-refractivity contribution in [2.75, 3.05) is 13.1 Å². The molecule has 154 valence electrons. The van der Waals surface area contributed by atoms with Gasteiger partial charge in [-0.05, 0) is 43.2 Å². The lowest BCUT2D eigenvalue weighted by Crippen LogP contribution is -3.12. The molecule has 5 rings (SSSR count). The van der Waals surface area contributed by atoms with Crippen molar-refractivity contribution in [3.63, 3.8) is 0 Å². The predicted molar refractivity (Wildman–Crippen MR) is 117 cm³/mol. The van der Waals surface area contributed by atoms with Gasteiger partial charge in [0.05, 0.1) is 29.7 Å². The molecule has 3 heterocycles. The van der Waals surface area contributed by atoms with Crippen LogP contribution in [0.4, 0.5) is 0 Å². The van der Waals surface area contributed by atoms with Crippen LogP contribution >= 0.6 is 0 Å². The zero-order valence-corrected chi connectivity index (χ0v) is 17.3.